The van der Waals surface area contributed by atoms with Crippen molar-refractivity contribution in [2.45, 2.75) is 127 Å². The van der Waals surface area contributed by atoms with Crippen LogP contribution in [0, 0.1) is 17.8 Å². The number of nitrogens with two attached hydrogens (primary N) is 1. The molecule has 2 aromatic rings. The number of aliphatic hydroxyl groups excluding tert-OH is 1. The summed E-state index contributed by atoms with van der Waals surface area (Å²) >= 11 is 0. The van der Waals surface area contributed by atoms with Crippen LogP contribution in [0.25, 0.3) is 0 Å². The number of fused-ring (bicyclic) bond motifs is 1. The number of benzene rings is 2. The van der Waals surface area contributed by atoms with Gasteiger partial charge in [0.2, 0.25) is 23.6 Å². The minimum absolute atomic E-state index is 0.00941. The SMILES string of the molecule is CC(C)CNC(=O)C[C@H](O)[C@H](CC1CCCCC1)NC(=O)[C@H](CC(C)C)NC(=O)[C@H](Cc1ccccc1)NC(=O)CC1CS(=O)(=O)c2cc(N)ccc21. The van der Waals surface area contributed by atoms with E-state index >= 15 is 0 Å². The second-order valence-electron chi connectivity index (χ2n) is 15.8. The predicted octanol–water partition coefficient (Wildman–Crippen LogP) is 3.77. The number of amides is 4. The van der Waals surface area contributed by atoms with Crippen LogP contribution < -0.4 is 27.0 Å². The van der Waals surface area contributed by atoms with Gasteiger partial charge in [-0.05, 0) is 53.9 Å². The quantitative estimate of drug-likeness (QED) is 0.124. The molecular formula is C40H59N5O7S. The highest BCUT2D eigenvalue weighted by molar-refractivity contribution is 7.91. The van der Waals surface area contributed by atoms with Crippen LogP contribution in [0.2, 0.25) is 0 Å². The highest BCUT2D eigenvalue weighted by atomic mass is 32.2. The van der Waals surface area contributed by atoms with E-state index in [-0.39, 0.29) is 47.7 Å². The lowest BCUT2D eigenvalue weighted by atomic mass is 9.83. The van der Waals surface area contributed by atoms with E-state index in [2.05, 4.69) is 21.3 Å². The molecule has 0 spiro atoms. The molecule has 1 unspecified atom stereocenters. The lowest BCUT2D eigenvalue weighted by Crippen LogP contribution is -2.57. The summed E-state index contributed by atoms with van der Waals surface area (Å²) in [6.07, 6.45) is 4.80. The van der Waals surface area contributed by atoms with Crippen molar-refractivity contribution in [3.05, 3.63) is 59.7 Å². The van der Waals surface area contributed by atoms with Crippen LogP contribution in [0.4, 0.5) is 5.69 Å². The molecule has 7 N–H and O–H groups in total. The van der Waals surface area contributed by atoms with Crippen LogP contribution in [-0.4, -0.2) is 73.7 Å². The molecule has 292 valence electrons. The molecule has 2 aromatic carbocycles. The fourth-order valence-corrected chi connectivity index (χ4v) is 9.30. The minimum Gasteiger partial charge on any atom is -0.399 e. The number of carbonyl (C=O) groups excluding carboxylic acids is 4. The minimum atomic E-state index is -3.62. The van der Waals surface area contributed by atoms with E-state index in [9.17, 15) is 32.7 Å². The zero-order valence-corrected chi connectivity index (χ0v) is 32.4. The Kier molecular flexibility index (Phi) is 15.3. The summed E-state index contributed by atoms with van der Waals surface area (Å²) in [5, 5.41) is 22.9. The first-order valence-electron chi connectivity index (χ1n) is 19.1. The summed E-state index contributed by atoms with van der Waals surface area (Å²) in [7, 11) is -3.62. The van der Waals surface area contributed by atoms with Crippen LogP contribution >= 0.6 is 0 Å². The predicted molar refractivity (Wildman–Crippen MR) is 205 cm³/mol. The molecule has 12 nitrogen and oxygen atoms in total. The second kappa shape index (κ2) is 19.4. The van der Waals surface area contributed by atoms with Crippen LogP contribution in [0.3, 0.4) is 0 Å². The number of carbonyl (C=O) groups is 4. The third-order valence-electron chi connectivity index (χ3n) is 10.1. The van der Waals surface area contributed by atoms with Crippen LogP contribution in [0.5, 0.6) is 0 Å². The summed E-state index contributed by atoms with van der Waals surface area (Å²) in [5.41, 5.74) is 7.47. The Bertz CT molecular complexity index is 1660. The normalized spacial score (nSPS) is 19.1. The molecule has 0 bridgehead atoms. The molecule has 1 heterocycles. The number of nitrogens with one attached hydrogen (secondary N) is 4. The molecule has 0 aromatic heterocycles. The zero-order chi connectivity index (χ0) is 38.7. The maximum atomic E-state index is 14.0. The van der Waals surface area contributed by atoms with Gasteiger partial charge in [-0.1, -0.05) is 96.2 Å². The Morgan fingerprint density at radius 2 is 1.53 bits per heavy atom. The monoisotopic (exact) mass is 753 g/mol. The summed E-state index contributed by atoms with van der Waals surface area (Å²) < 4.78 is 25.7. The smallest absolute Gasteiger partial charge is 0.243 e. The van der Waals surface area contributed by atoms with Crippen molar-refractivity contribution in [3.63, 3.8) is 0 Å². The maximum absolute atomic E-state index is 14.0. The Hall–Kier alpha value is -3.97. The first-order valence-corrected chi connectivity index (χ1v) is 20.8. The molecule has 13 heteroatoms. The highest BCUT2D eigenvalue weighted by Gasteiger charge is 2.37. The Labute approximate surface area is 314 Å². The molecule has 1 aliphatic carbocycles. The van der Waals surface area contributed by atoms with Crippen molar-refractivity contribution in [3.8, 4) is 0 Å². The molecule has 0 radical (unpaired) electrons. The van der Waals surface area contributed by atoms with E-state index in [0.29, 0.717) is 36.6 Å². The fourth-order valence-electron chi connectivity index (χ4n) is 7.38. The standard InChI is InChI=1S/C40H59N5O7S/c1-25(2)17-33(39(49)44-32(18-27-11-7-5-8-12-27)35(46)22-37(47)42-23-26(3)4)45-40(50)34(19-28-13-9-6-10-14-28)43-38(48)20-29-24-53(51,52)36-21-30(41)15-16-31(29)36/h6,9-10,13-16,21,25-27,29,32-35,46H,5,7-8,11-12,17-20,22-24,41H2,1-4H3,(H,42,47)(H,43,48)(H,44,49)(H,45,50)/t29?,32-,33-,34-,35-/m0/s1. The second-order valence-corrected chi connectivity index (χ2v) is 17.8. The topological polar surface area (TPSA) is 197 Å². The molecule has 53 heavy (non-hydrogen) atoms. The fraction of sp³-hybridized carbons (Fsp3) is 0.600. The largest absolute Gasteiger partial charge is 0.399 e. The van der Waals surface area contributed by atoms with E-state index in [1.54, 1.807) is 12.1 Å². The first-order chi connectivity index (χ1) is 25.1. The van der Waals surface area contributed by atoms with Gasteiger partial charge in [0.05, 0.1) is 29.2 Å². The maximum Gasteiger partial charge on any atom is 0.243 e. The van der Waals surface area contributed by atoms with Gasteiger partial charge in [-0.2, -0.15) is 0 Å². The first kappa shape index (κ1) is 41.8. The van der Waals surface area contributed by atoms with Crippen molar-refractivity contribution >= 4 is 39.2 Å². The van der Waals surface area contributed by atoms with Gasteiger partial charge in [0.1, 0.15) is 12.1 Å². The molecule has 4 amide bonds. The Morgan fingerprint density at radius 1 is 0.849 bits per heavy atom. The van der Waals surface area contributed by atoms with Gasteiger partial charge in [-0.15, -0.1) is 0 Å². The van der Waals surface area contributed by atoms with Crippen molar-refractivity contribution in [1.29, 1.82) is 0 Å². The van der Waals surface area contributed by atoms with Crippen molar-refractivity contribution in [2.75, 3.05) is 18.0 Å². The average molecular weight is 754 g/mol. The average Bonchev–Trinajstić information content (AvgIpc) is 3.34. The number of hydrogen-bond donors (Lipinski definition) is 6. The van der Waals surface area contributed by atoms with E-state index in [1.807, 2.05) is 58.0 Å². The van der Waals surface area contributed by atoms with Crippen LogP contribution in [0.1, 0.15) is 103 Å². The van der Waals surface area contributed by atoms with Gasteiger partial charge in [0.15, 0.2) is 9.84 Å². The van der Waals surface area contributed by atoms with E-state index in [0.717, 1.165) is 37.7 Å². The molecule has 2 aliphatic rings. The number of anilines is 1. The molecule has 0 saturated heterocycles. The number of hydrogen-bond acceptors (Lipinski definition) is 8. The summed E-state index contributed by atoms with van der Waals surface area (Å²) in [6.45, 7) is 8.32. The third-order valence-corrected chi connectivity index (χ3v) is 12.0. The number of rotatable bonds is 18. The molecule has 1 aliphatic heterocycles. The Balaban J connectivity index is 1.50. The van der Waals surface area contributed by atoms with E-state index in [1.165, 1.54) is 6.07 Å². The van der Waals surface area contributed by atoms with Crippen LogP contribution in [-0.2, 0) is 35.4 Å². The number of aliphatic hydroxyl groups is 1. The molecule has 4 rings (SSSR count). The Morgan fingerprint density at radius 3 is 2.19 bits per heavy atom. The van der Waals surface area contributed by atoms with Gasteiger partial charge < -0.3 is 32.1 Å². The van der Waals surface area contributed by atoms with Crippen molar-refractivity contribution < 1.29 is 32.7 Å². The van der Waals surface area contributed by atoms with Gasteiger partial charge in [-0.3, -0.25) is 19.2 Å². The van der Waals surface area contributed by atoms with Crippen molar-refractivity contribution in [1.82, 2.24) is 21.3 Å². The van der Waals surface area contributed by atoms with Gasteiger partial charge in [0.25, 0.3) is 0 Å². The van der Waals surface area contributed by atoms with Crippen LogP contribution in [0.15, 0.2) is 53.4 Å². The van der Waals surface area contributed by atoms with Crippen molar-refractivity contribution in [2.24, 2.45) is 17.8 Å². The summed E-state index contributed by atoms with van der Waals surface area (Å²) in [6, 6.07) is 11.1. The molecule has 1 saturated carbocycles. The summed E-state index contributed by atoms with van der Waals surface area (Å²) in [4.78, 5) is 54.4. The van der Waals surface area contributed by atoms with Gasteiger partial charge >= 0.3 is 0 Å². The third kappa shape index (κ3) is 12.8. The zero-order valence-electron chi connectivity index (χ0n) is 31.6. The number of sulfone groups is 1. The molecular weight excluding hydrogens is 695 g/mol. The van der Waals surface area contributed by atoms with Gasteiger partial charge in [-0.25, -0.2) is 8.42 Å². The molecule has 1 fully saturated rings. The number of nitrogen functional groups attached to an aromatic ring is 1. The lowest BCUT2D eigenvalue weighted by molar-refractivity contribution is -0.133. The van der Waals surface area contributed by atoms with Gasteiger partial charge in [0, 0.05) is 31.0 Å². The van der Waals surface area contributed by atoms with E-state index < -0.39 is 57.7 Å². The highest BCUT2D eigenvalue weighted by Crippen LogP contribution is 2.38. The molecule has 5 atom stereocenters. The van der Waals surface area contributed by atoms with E-state index in [4.69, 9.17) is 5.73 Å². The lowest BCUT2D eigenvalue weighted by Gasteiger charge is -2.32. The summed E-state index contributed by atoms with van der Waals surface area (Å²) in [5.74, 6) is -2.10.